The molecule has 15 nitrogen and oxygen atoms in total. The van der Waals surface area contributed by atoms with E-state index in [2.05, 4.69) is 0 Å². The summed E-state index contributed by atoms with van der Waals surface area (Å²) >= 11 is 0. The number of hydrogen-bond acceptors (Lipinski definition) is 15. The van der Waals surface area contributed by atoms with Crippen molar-refractivity contribution in [3.63, 3.8) is 0 Å². The average molecular weight is 509 g/mol. The van der Waals surface area contributed by atoms with E-state index in [9.17, 15) is 56.3 Å². The van der Waals surface area contributed by atoms with Gasteiger partial charge in [-0.1, -0.05) is 0 Å². The van der Waals surface area contributed by atoms with Crippen molar-refractivity contribution in [2.24, 2.45) is 0 Å². The van der Waals surface area contributed by atoms with Gasteiger partial charge in [0.25, 0.3) is 0 Å². The summed E-state index contributed by atoms with van der Waals surface area (Å²) in [6.45, 7) is -1.44. The van der Waals surface area contributed by atoms with Gasteiger partial charge >= 0.3 is 0 Å². The molecule has 2 heterocycles. The van der Waals surface area contributed by atoms with E-state index in [0.717, 1.165) is 6.08 Å². The van der Waals surface area contributed by atoms with Crippen LogP contribution in [0.1, 0.15) is 6.42 Å². The second-order valence-corrected chi connectivity index (χ2v) is 8.64. The van der Waals surface area contributed by atoms with Gasteiger partial charge in [-0.3, -0.25) is 0 Å². The molecule has 15 heteroatoms. The Labute approximate surface area is 199 Å². The summed E-state index contributed by atoms with van der Waals surface area (Å²) in [6, 6.07) is 1.70. The van der Waals surface area contributed by atoms with E-state index in [1.807, 2.05) is 0 Å². The third kappa shape index (κ3) is 5.66. The van der Waals surface area contributed by atoms with E-state index < -0.39 is 99.0 Å². The summed E-state index contributed by atoms with van der Waals surface area (Å²) in [7, 11) is 0. The molecule has 3 aliphatic rings. The van der Waals surface area contributed by atoms with Crippen LogP contribution >= 0.6 is 0 Å². The number of ether oxygens (including phenoxy) is 4. The van der Waals surface area contributed by atoms with Crippen LogP contribution in [0.3, 0.4) is 0 Å². The third-order valence-corrected chi connectivity index (χ3v) is 6.38. The highest BCUT2D eigenvalue weighted by Gasteiger charge is 2.50. The molecule has 0 unspecified atom stereocenters. The van der Waals surface area contributed by atoms with Crippen molar-refractivity contribution in [2.45, 2.75) is 92.2 Å². The van der Waals surface area contributed by atoms with Crippen LogP contribution in [0.5, 0.6) is 0 Å². The third-order valence-electron chi connectivity index (χ3n) is 6.38. The van der Waals surface area contributed by atoms with Crippen LogP contribution in [0.25, 0.3) is 0 Å². The van der Waals surface area contributed by atoms with Crippen LogP contribution in [-0.2, 0) is 18.9 Å². The number of hydrogen-bond donors (Lipinski definition) is 10. The lowest BCUT2D eigenvalue weighted by Crippen LogP contribution is -2.62. The smallest absolute Gasteiger partial charge is 0.187 e. The van der Waals surface area contributed by atoms with Crippen molar-refractivity contribution >= 4 is 0 Å². The van der Waals surface area contributed by atoms with Gasteiger partial charge in [-0.25, -0.2) is 0 Å². The second kappa shape index (κ2) is 11.8. The van der Waals surface area contributed by atoms with Crippen LogP contribution in [0.15, 0.2) is 11.6 Å². The first kappa shape index (κ1) is 28.2. The zero-order chi connectivity index (χ0) is 26.0. The maximum Gasteiger partial charge on any atom is 0.187 e. The molecule has 0 spiro atoms. The highest BCUT2D eigenvalue weighted by Crippen LogP contribution is 2.34. The van der Waals surface area contributed by atoms with Crippen LogP contribution in [0.2, 0.25) is 0 Å². The molecule has 0 aromatic rings. The van der Waals surface area contributed by atoms with E-state index in [4.69, 9.17) is 18.9 Å². The SMILES string of the molecule is N#C/C=C1\[C@@H](O[C@@H]2O[C@H](CO)[C@@H](O)[C@H](O)[C@H]2O)C[C@@H](O)[C@@H](O[C@H]2O[C@H](CO)[C@@H](O)[C@H](O)[C@H]2O)[C@@H]1O. The summed E-state index contributed by atoms with van der Waals surface area (Å²) < 4.78 is 21.6. The maximum atomic E-state index is 10.8. The van der Waals surface area contributed by atoms with Gasteiger partial charge in [-0.05, 0) is 0 Å². The molecule has 0 amide bonds. The van der Waals surface area contributed by atoms with Gasteiger partial charge in [-0.15, -0.1) is 0 Å². The van der Waals surface area contributed by atoms with E-state index in [0.29, 0.717) is 0 Å². The van der Waals surface area contributed by atoms with Crippen LogP contribution < -0.4 is 0 Å². The molecule has 2 aliphatic heterocycles. The summed E-state index contributed by atoms with van der Waals surface area (Å²) in [5.41, 5.74) is -0.135. The number of aliphatic hydroxyl groups excluding tert-OH is 10. The zero-order valence-electron chi connectivity index (χ0n) is 18.3. The first-order valence-corrected chi connectivity index (χ1v) is 10.9. The highest BCUT2D eigenvalue weighted by molar-refractivity contribution is 5.26. The van der Waals surface area contributed by atoms with Crippen LogP contribution in [0.4, 0.5) is 0 Å². The van der Waals surface area contributed by atoms with Crippen molar-refractivity contribution in [2.75, 3.05) is 13.2 Å². The van der Waals surface area contributed by atoms with Crippen molar-refractivity contribution in [1.82, 2.24) is 0 Å². The molecule has 200 valence electrons. The van der Waals surface area contributed by atoms with E-state index in [-0.39, 0.29) is 12.0 Å². The standard InChI is InChI=1S/C20H31NO14/c21-2-1-6-8(32-19-16(30)14(28)12(26)9(4-22)33-19)3-7(24)18(11(6)25)35-20-17(31)15(29)13(27)10(5-23)34-20/h1,7-20,22-31H,3-5H2/b6-1+/t7-,8+,9-,10-,11-,12-,13-,14+,15+,16-,17-,18-,19-,20-/m1/s1. The van der Waals surface area contributed by atoms with E-state index in [1.54, 1.807) is 6.07 Å². The van der Waals surface area contributed by atoms with E-state index >= 15 is 0 Å². The predicted molar refractivity (Wildman–Crippen MR) is 108 cm³/mol. The molecule has 14 atom stereocenters. The largest absolute Gasteiger partial charge is 0.394 e. The summed E-state index contributed by atoms with van der Waals surface area (Å²) in [4.78, 5) is 0. The monoisotopic (exact) mass is 509 g/mol. The fourth-order valence-electron chi connectivity index (χ4n) is 4.31. The molecule has 35 heavy (non-hydrogen) atoms. The Morgan fingerprint density at radius 3 is 1.71 bits per heavy atom. The Bertz CT molecular complexity index is 773. The topological polar surface area (TPSA) is 263 Å². The fraction of sp³-hybridized carbons (Fsp3) is 0.850. The van der Waals surface area contributed by atoms with Gasteiger partial charge in [0.2, 0.25) is 0 Å². The van der Waals surface area contributed by atoms with Crippen LogP contribution in [0, 0.1) is 11.3 Å². The lowest BCUT2D eigenvalue weighted by molar-refractivity contribution is -0.331. The summed E-state index contributed by atoms with van der Waals surface area (Å²) in [6.07, 6.45) is -21.7. The van der Waals surface area contributed by atoms with E-state index in [1.165, 1.54) is 0 Å². The van der Waals surface area contributed by atoms with Gasteiger partial charge < -0.3 is 70.0 Å². The normalized spacial score (nSPS) is 50.1. The number of rotatable bonds is 6. The van der Waals surface area contributed by atoms with Gasteiger partial charge in [0, 0.05) is 18.1 Å². The minimum atomic E-state index is -1.81. The van der Waals surface area contributed by atoms with Crippen LogP contribution in [-0.4, -0.2) is 150 Å². The molecule has 0 radical (unpaired) electrons. The summed E-state index contributed by atoms with van der Waals surface area (Å²) in [5, 5.41) is 109. The highest BCUT2D eigenvalue weighted by atomic mass is 16.7. The molecule has 0 aromatic heterocycles. The second-order valence-electron chi connectivity index (χ2n) is 8.64. The van der Waals surface area contributed by atoms with Gasteiger partial charge in [0.1, 0.15) is 61.0 Å². The molecule has 0 aromatic carbocycles. The van der Waals surface area contributed by atoms with Crippen molar-refractivity contribution < 1.29 is 70.0 Å². The molecule has 2 saturated heterocycles. The number of nitriles is 1. The first-order chi connectivity index (χ1) is 16.5. The Morgan fingerprint density at radius 1 is 0.771 bits per heavy atom. The Kier molecular flexibility index (Phi) is 9.53. The van der Waals surface area contributed by atoms with Crippen molar-refractivity contribution in [3.05, 3.63) is 11.6 Å². The quantitative estimate of drug-likeness (QED) is 0.149. The first-order valence-electron chi connectivity index (χ1n) is 10.9. The molecule has 1 aliphatic carbocycles. The fourth-order valence-corrected chi connectivity index (χ4v) is 4.31. The molecule has 10 N–H and O–H groups in total. The van der Waals surface area contributed by atoms with Crippen molar-refractivity contribution in [1.29, 1.82) is 5.26 Å². The average Bonchev–Trinajstić information content (AvgIpc) is 2.84. The number of nitrogens with zero attached hydrogens (tertiary/aromatic N) is 1. The van der Waals surface area contributed by atoms with Gasteiger partial charge in [0.05, 0.1) is 31.5 Å². The lowest BCUT2D eigenvalue weighted by atomic mass is 9.84. The molecule has 1 saturated carbocycles. The van der Waals surface area contributed by atoms with Gasteiger partial charge in [0.15, 0.2) is 12.6 Å². The molecular weight excluding hydrogens is 478 g/mol. The maximum absolute atomic E-state index is 10.8. The minimum absolute atomic E-state index is 0.135. The molecule has 0 bridgehead atoms. The summed E-state index contributed by atoms with van der Waals surface area (Å²) in [5.74, 6) is 0. The van der Waals surface area contributed by atoms with Gasteiger partial charge in [-0.2, -0.15) is 5.26 Å². The lowest BCUT2D eigenvalue weighted by Gasteiger charge is -2.46. The predicted octanol–water partition coefficient (Wildman–Crippen LogP) is -6.07. The Morgan fingerprint density at radius 2 is 1.26 bits per heavy atom. The zero-order valence-corrected chi connectivity index (χ0v) is 18.3. The number of allylic oxidation sites excluding steroid dienone is 1. The molecule has 3 fully saturated rings. The Balaban J connectivity index is 1.76. The van der Waals surface area contributed by atoms with Crippen molar-refractivity contribution in [3.8, 4) is 6.07 Å². The Hall–Kier alpha value is -1.33. The number of aliphatic hydroxyl groups is 10. The molecule has 3 rings (SSSR count). The minimum Gasteiger partial charge on any atom is -0.394 e. The molecular formula is C20H31NO14.